The van der Waals surface area contributed by atoms with E-state index in [1.165, 1.54) is 14.2 Å². The second-order valence-electron chi connectivity index (χ2n) is 6.63. The molecule has 0 aliphatic carbocycles. The smallest absolute Gasteiger partial charge is 0.341 e. The van der Waals surface area contributed by atoms with Gasteiger partial charge in [-0.25, -0.2) is 4.79 Å². The molecule has 0 spiro atoms. The third kappa shape index (κ3) is 6.53. The largest absolute Gasteiger partial charge is 0.469 e. The standard InChI is InChI=1S/C19H29N3O6S/c1-7-19(4,9-13(24)27-6)21-10-12(23)22-17-14(18(26)28-8-2)11(3)15(29-17)16(25)20-5/h21H,7-10H2,1-6H3,(H,20,25)(H,22,23)/t19-/m0/s1. The number of esters is 2. The number of hydrogen-bond donors (Lipinski definition) is 3. The van der Waals surface area contributed by atoms with Gasteiger partial charge in [0.2, 0.25) is 5.91 Å². The van der Waals surface area contributed by atoms with E-state index in [0.717, 1.165) is 11.3 Å². The first-order chi connectivity index (χ1) is 13.6. The van der Waals surface area contributed by atoms with Crippen LogP contribution in [-0.2, 0) is 19.1 Å². The van der Waals surface area contributed by atoms with Crippen molar-refractivity contribution >= 4 is 40.1 Å². The average Bonchev–Trinajstić information content (AvgIpc) is 3.01. The van der Waals surface area contributed by atoms with Crippen LogP contribution in [0.5, 0.6) is 0 Å². The van der Waals surface area contributed by atoms with Gasteiger partial charge in [0.1, 0.15) is 5.00 Å². The molecular formula is C19H29N3O6S. The second-order valence-corrected chi connectivity index (χ2v) is 7.65. The van der Waals surface area contributed by atoms with Crippen molar-refractivity contribution in [2.24, 2.45) is 0 Å². The van der Waals surface area contributed by atoms with Gasteiger partial charge in [-0.05, 0) is 32.8 Å². The number of anilines is 1. The summed E-state index contributed by atoms with van der Waals surface area (Å²) < 4.78 is 9.76. The molecule has 2 amide bonds. The minimum atomic E-state index is -0.618. The molecule has 1 rings (SSSR count). The number of nitrogens with one attached hydrogen (secondary N) is 3. The molecule has 1 heterocycles. The summed E-state index contributed by atoms with van der Waals surface area (Å²) in [5.41, 5.74) is -0.00992. The highest BCUT2D eigenvalue weighted by Crippen LogP contribution is 2.33. The molecule has 0 unspecified atom stereocenters. The first-order valence-corrected chi connectivity index (χ1v) is 10.1. The molecule has 10 heteroatoms. The van der Waals surface area contributed by atoms with Crippen LogP contribution in [0.3, 0.4) is 0 Å². The summed E-state index contributed by atoms with van der Waals surface area (Å²) in [6.07, 6.45) is 0.711. The second kappa shape index (κ2) is 10.9. The van der Waals surface area contributed by atoms with Gasteiger partial charge in [-0.1, -0.05) is 6.92 Å². The predicted octanol–water partition coefficient (Wildman–Crippen LogP) is 1.85. The molecule has 1 aromatic heterocycles. The Morgan fingerprint density at radius 1 is 1.17 bits per heavy atom. The molecule has 9 nitrogen and oxygen atoms in total. The third-order valence-electron chi connectivity index (χ3n) is 4.53. The number of carbonyl (C=O) groups excluding carboxylic acids is 4. The van der Waals surface area contributed by atoms with Gasteiger partial charge in [-0.3, -0.25) is 14.4 Å². The van der Waals surface area contributed by atoms with Crippen LogP contribution in [0.2, 0.25) is 0 Å². The molecule has 162 valence electrons. The Balaban J connectivity index is 3.01. The highest BCUT2D eigenvalue weighted by Gasteiger charge is 2.28. The third-order valence-corrected chi connectivity index (χ3v) is 5.74. The minimum absolute atomic E-state index is 0.0874. The van der Waals surface area contributed by atoms with Crippen molar-refractivity contribution in [3.05, 3.63) is 16.0 Å². The Bertz CT molecular complexity index is 776. The maximum Gasteiger partial charge on any atom is 0.341 e. The van der Waals surface area contributed by atoms with E-state index in [0.29, 0.717) is 16.9 Å². The first kappa shape index (κ1) is 24.6. The summed E-state index contributed by atoms with van der Waals surface area (Å²) in [5, 5.41) is 8.49. The lowest BCUT2D eigenvalue weighted by Gasteiger charge is -2.28. The van der Waals surface area contributed by atoms with Crippen LogP contribution < -0.4 is 16.0 Å². The van der Waals surface area contributed by atoms with Crippen LogP contribution in [0.1, 0.15) is 59.2 Å². The lowest BCUT2D eigenvalue weighted by molar-refractivity contribution is -0.142. The fourth-order valence-electron chi connectivity index (χ4n) is 2.55. The lowest BCUT2D eigenvalue weighted by Crippen LogP contribution is -2.47. The minimum Gasteiger partial charge on any atom is -0.469 e. The van der Waals surface area contributed by atoms with Gasteiger partial charge in [0.25, 0.3) is 5.91 Å². The molecule has 3 N–H and O–H groups in total. The number of methoxy groups -OCH3 is 1. The van der Waals surface area contributed by atoms with Crippen molar-refractivity contribution < 1.29 is 28.7 Å². The zero-order valence-electron chi connectivity index (χ0n) is 17.7. The summed E-state index contributed by atoms with van der Waals surface area (Å²) in [4.78, 5) is 48.8. The van der Waals surface area contributed by atoms with Gasteiger partial charge < -0.3 is 25.4 Å². The average molecular weight is 428 g/mol. The number of rotatable bonds is 10. The highest BCUT2D eigenvalue weighted by atomic mass is 32.1. The van der Waals surface area contributed by atoms with Crippen LogP contribution in [0.25, 0.3) is 0 Å². The summed E-state index contributed by atoms with van der Waals surface area (Å²) in [5.74, 6) is -1.75. The maximum absolute atomic E-state index is 12.5. The van der Waals surface area contributed by atoms with Gasteiger partial charge in [0.05, 0.1) is 37.1 Å². The monoisotopic (exact) mass is 427 g/mol. The summed E-state index contributed by atoms with van der Waals surface area (Å²) in [6, 6.07) is 0. The Morgan fingerprint density at radius 3 is 2.34 bits per heavy atom. The van der Waals surface area contributed by atoms with Crippen molar-refractivity contribution in [2.75, 3.05) is 32.6 Å². The van der Waals surface area contributed by atoms with Crippen LogP contribution >= 0.6 is 11.3 Å². The van der Waals surface area contributed by atoms with Crippen LogP contribution in [0.15, 0.2) is 0 Å². The molecular weight excluding hydrogens is 398 g/mol. The number of ether oxygens (including phenoxy) is 2. The normalized spacial score (nSPS) is 12.6. The van der Waals surface area contributed by atoms with Gasteiger partial charge >= 0.3 is 11.9 Å². The van der Waals surface area contributed by atoms with Crippen LogP contribution in [-0.4, -0.2) is 56.6 Å². The van der Waals surface area contributed by atoms with Crippen LogP contribution in [0, 0.1) is 6.92 Å². The molecule has 0 aromatic carbocycles. The Labute approximate surface area is 174 Å². The van der Waals surface area contributed by atoms with Gasteiger partial charge in [0, 0.05) is 12.6 Å². The molecule has 0 aliphatic rings. The highest BCUT2D eigenvalue weighted by molar-refractivity contribution is 7.18. The van der Waals surface area contributed by atoms with Crippen molar-refractivity contribution in [2.45, 2.75) is 46.1 Å². The topological polar surface area (TPSA) is 123 Å². The Morgan fingerprint density at radius 2 is 1.83 bits per heavy atom. The van der Waals surface area contributed by atoms with Crippen molar-refractivity contribution in [3.8, 4) is 0 Å². The van der Waals surface area contributed by atoms with E-state index in [1.54, 1.807) is 13.8 Å². The molecule has 0 radical (unpaired) electrons. The SMILES string of the molecule is CCOC(=O)c1c(NC(=O)CN[C@@](C)(CC)CC(=O)OC)sc(C(=O)NC)c1C. The fraction of sp³-hybridized carbons (Fsp3) is 0.579. The predicted molar refractivity (Wildman–Crippen MR) is 110 cm³/mol. The summed E-state index contributed by atoms with van der Waals surface area (Å²) >= 11 is 1.01. The first-order valence-electron chi connectivity index (χ1n) is 9.26. The molecule has 0 saturated heterocycles. The van der Waals surface area contributed by atoms with E-state index in [9.17, 15) is 19.2 Å². The van der Waals surface area contributed by atoms with Gasteiger partial charge in [-0.15, -0.1) is 11.3 Å². The van der Waals surface area contributed by atoms with Crippen LogP contribution in [0.4, 0.5) is 5.00 Å². The molecule has 29 heavy (non-hydrogen) atoms. The number of thiophene rings is 1. The number of hydrogen-bond acceptors (Lipinski definition) is 8. The quantitative estimate of drug-likeness (QED) is 0.487. The summed E-state index contributed by atoms with van der Waals surface area (Å²) in [6.45, 7) is 7.10. The Hall–Kier alpha value is -2.46. The van der Waals surface area contributed by atoms with E-state index in [1.807, 2.05) is 13.8 Å². The fourth-order valence-corrected chi connectivity index (χ4v) is 3.71. The van der Waals surface area contributed by atoms with Crippen molar-refractivity contribution in [1.29, 1.82) is 0 Å². The number of amides is 2. The van der Waals surface area contributed by atoms with Gasteiger partial charge in [0.15, 0.2) is 0 Å². The molecule has 0 aliphatic heterocycles. The van der Waals surface area contributed by atoms with Gasteiger partial charge in [-0.2, -0.15) is 0 Å². The zero-order valence-corrected chi connectivity index (χ0v) is 18.5. The van der Waals surface area contributed by atoms with E-state index >= 15 is 0 Å². The maximum atomic E-state index is 12.5. The molecule has 1 aromatic rings. The van der Waals surface area contributed by atoms with E-state index in [4.69, 9.17) is 9.47 Å². The van der Waals surface area contributed by atoms with Crippen molar-refractivity contribution in [3.63, 3.8) is 0 Å². The molecule has 0 fully saturated rings. The molecule has 0 saturated carbocycles. The van der Waals surface area contributed by atoms with E-state index < -0.39 is 17.4 Å². The number of carbonyl (C=O) groups is 4. The lowest BCUT2D eigenvalue weighted by atomic mass is 9.94. The Kier molecular flexibility index (Phi) is 9.25. The molecule has 0 bridgehead atoms. The van der Waals surface area contributed by atoms with Crippen molar-refractivity contribution in [1.82, 2.24) is 10.6 Å². The van der Waals surface area contributed by atoms with E-state index in [2.05, 4.69) is 16.0 Å². The zero-order chi connectivity index (χ0) is 22.2. The summed E-state index contributed by atoms with van der Waals surface area (Å²) in [7, 11) is 2.80. The molecule has 1 atom stereocenters. The van der Waals surface area contributed by atoms with E-state index in [-0.39, 0.29) is 42.0 Å².